The molecule has 2 N–H and O–H groups in total. The Labute approximate surface area is 108 Å². The number of rotatable bonds is 2. The van der Waals surface area contributed by atoms with Gasteiger partial charge in [0.1, 0.15) is 5.60 Å². The van der Waals surface area contributed by atoms with Crippen LogP contribution in [0, 0.1) is 0 Å². The predicted molar refractivity (Wildman–Crippen MR) is 69.3 cm³/mol. The maximum Gasteiger partial charge on any atom is 0.407 e. The Bertz CT molecular complexity index is 386. The van der Waals surface area contributed by atoms with Crippen molar-refractivity contribution in [3.05, 3.63) is 0 Å². The van der Waals surface area contributed by atoms with Crippen LogP contribution >= 0.6 is 0 Å². The van der Waals surface area contributed by atoms with Gasteiger partial charge in [-0.25, -0.2) is 13.2 Å². The molecule has 0 aromatic carbocycles. The molecule has 0 bridgehead atoms. The summed E-state index contributed by atoms with van der Waals surface area (Å²) in [6.45, 7) is 6.25. The second kappa shape index (κ2) is 5.88. The third-order valence-corrected chi connectivity index (χ3v) is 4.23. The second-order valence-corrected chi connectivity index (χ2v) is 7.73. The lowest BCUT2D eigenvalue weighted by Gasteiger charge is -2.21. The van der Waals surface area contributed by atoms with E-state index in [4.69, 9.17) is 4.74 Å². The SMILES string of the molecule is CC(C)(C)OC(=O)NCC1CS(=O)(=O)CCCN1. The van der Waals surface area contributed by atoms with Crippen molar-refractivity contribution in [2.45, 2.75) is 38.8 Å². The van der Waals surface area contributed by atoms with Crippen LogP contribution in [0.25, 0.3) is 0 Å². The molecule has 1 unspecified atom stereocenters. The molecule has 0 radical (unpaired) electrons. The molecule has 1 atom stereocenters. The summed E-state index contributed by atoms with van der Waals surface area (Å²) in [5.41, 5.74) is -0.549. The second-order valence-electron chi connectivity index (χ2n) is 5.50. The highest BCUT2D eigenvalue weighted by Gasteiger charge is 2.23. The summed E-state index contributed by atoms with van der Waals surface area (Å²) in [5, 5.41) is 5.69. The zero-order chi connectivity index (χ0) is 13.8. The summed E-state index contributed by atoms with van der Waals surface area (Å²) in [6.07, 6.45) is 0.0941. The summed E-state index contributed by atoms with van der Waals surface area (Å²) in [5.74, 6) is 0.270. The largest absolute Gasteiger partial charge is 0.444 e. The molecule has 7 heteroatoms. The number of ether oxygens (including phenoxy) is 1. The summed E-state index contributed by atoms with van der Waals surface area (Å²) >= 11 is 0. The molecule has 1 heterocycles. The molecule has 0 saturated carbocycles. The lowest BCUT2D eigenvalue weighted by molar-refractivity contribution is 0.0523. The third-order valence-electron chi connectivity index (χ3n) is 2.41. The van der Waals surface area contributed by atoms with Gasteiger partial charge >= 0.3 is 6.09 Å². The van der Waals surface area contributed by atoms with E-state index in [0.29, 0.717) is 13.0 Å². The van der Waals surface area contributed by atoms with Crippen molar-refractivity contribution in [3.63, 3.8) is 0 Å². The van der Waals surface area contributed by atoms with E-state index >= 15 is 0 Å². The van der Waals surface area contributed by atoms with Gasteiger partial charge in [0.15, 0.2) is 9.84 Å². The van der Waals surface area contributed by atoms with Gasteiger partial charge in [0.25, 0.3) is 0 Å². The molecule has 1 aliphatic rings. The van der Waals surface area contributed by atoms with Gasteiger partial charge in [0, 0.05) is 12.6 Å². The van der Waals surface area contributed by atoms with E-state index in [-0.39, 0.29) is 24.1 Å². The Morgan fingerprint density at radius 3 is 2.72 bits per heavy atom. The smallest absolute Gasteiger partial charge is 0.407 e. The number of amides is 1. The first-order valence-corrected chi connectivity index (χ1v) is 7.91. The quantitative estimate of drug-likeness (QED) is 0.758. The summed E-state index contributed by atoms with van der Waals surface area (Å²) < 4.78 is 28.2. The highest BCUT2D eigenvalue weighted by molar-refractivity contribution is 7.91. The van der Waals surface area contributed by atoms with Crippen molar-refractivity contribution in [1.29, 1.82) is 0 Å². The summed E-state index contributed by atoms with van der Waals surface area (Å²) in [7, 11) is -3.01. The van der Waals surface area contributed by atoms with E-state index in [1.54, 1.807) is 20.8 Å². The first-order chi connectivity index (χ1) is 8.18. The minimum Gasteiger partial charge on any atom is -0.444 e. The predicted octanol–water partition coefficient (Wildman–Crippen LogP) is 0.288. The van der Waals surface area contributed by atoms with Crippen LogP contribution in [0.5, 0.6) is 0 Å². The van der Waals surface area contributed by atoms with Gasteiger partial charge in [-0.1, -0.05) is 0 Å². The molecule has 1 saturated heterocycles. The van der Waals surface area contributed by atoms with E-state index in [1.165, 1.54) is 0 Å². The van der Waals surface area contributed by atoms with Crippen LogP contribution in [0.1, 0.15) is 27.2 Å². The minimum absolute atomic E-state index is 0.0583. The molecule has 1 amide bonds. The molecule has 1 aliphatic heterocycles. The molecule has 1 rings (SSSR count). The average molecular weight is 278 g/mol. The van der Waals surface area contributed by atoms with Crippen LogP contribution < -0.4 is 10.6 Å². The highest BCUT2D eigenvalue weighted by atomic mass is 32.2. The van der Waals surface area contributed by atoms with Crippen LogP contribution in [0.4, 0.5) is 4.79 Å². The van der Waals surface area contributed by atoms with E-state index in [9.17, 15) is 13.2 Å². The van der Waals surface area contributed by atoms with Gasteiger partial charge < -0.3 is 15.4 Å². The number of carbonyl (C=O) groups is 1. The maximum absolute atomic E-state index is 11.6. The van der Waals surface area contributed by atoms with Gasteiger partial charge in [-0.3, -0.25) is 0 Å². The molecule has 0 aromatic rings. The van der Waals surface area contributed by atoms with Crippen molar-refractivity contribution in [1.82, 2.24) is 10.6 Å². The van der Waals surface area contributed by atoms with Gasteiger partial charge in [-0.2, -0.15) is 0 Å². The van der Waals surface area contributed by atoms with E-state index < -0.39 is 21.5 Å². The Morgan fingerprint density at radius 1 is 1.44 bits per heavy atom. The lowest BCUT2D eigenvalue weighted by atomic mass is 10.2. The van der Waals surface area contributed by atoms with Crippen molar-refractivity contribution in [3.8, 4) is 0 Å². The number of nitrogens with one attached hydrogen (secondary N) is 2. The fourth-order valence-electron chi connectivity index (χ4n) is 1.70. The van der Waals surface area contributed by atoms with Crippen LogP contribution in [0.15, 0.2) is 0 Å². The first-order valence-electron chi connectivity index (χ1n) is 6.09. The Balaban J connectivity index is 2.40. The zero-order valence-electron chi connectivity index (χ0n) is 11.2. The van der Waals surface area contributed by atoms with Gasteiger partial charge in [0.05, 0.1) is 11.5 Å². The molecular formula is C11H22N2O4S. The van der Waals surface area contributed by atoms with Gasteiger partial charge in [0.2, 0.25) is 0 Å². The van der Waals surface area contributed by atoms with Gasteiger partial charge in [-0.05, 0) is 33.7 Å². The molecule has 0 aliphatic carbocycles. The lowest BCUT2D eigenvalue weighted by Crippen LogP contribution is -2.45. The molecule has 18 heavy (non-hydrogen) atoms. The van der Waals surface area contributed by atoms with E-state index in [0.717, 1.165) is 0 Å². The topological polar surface area (TPSA) is 84.5 Å². The van der Waals surface area contributed by atoms with Crippen molar-refractivity contribution in [2.24, 2.45) is 0 Å². The minimum atomic E-state index is -3.01. The molecule has 106 valence electrons. The first kappa shape index (κ1) is 15.2. The maximum atomic E-state index is 11.6. The zero-order valence-corrected chi connectivity index (χ0v) is 12.0. The number of sulfone groups is 1. The molecular weight excluding hydrogens is 256 g/mol. The molecule has 0 spiro atoms. The third kappa shape index (κ3) is 6.20. The van der Waals surface area contributed by atoms with Crippen molar-refractivity contribution < 1.29 is 17.9 Å². The van der Waals surface area contributed by atoms with Gasteiger partial charge in [-0.15, -0.1) is 0 Å². The normalized spacial score (nSPS) is 24.1. The number of hydrogen-bond acceptors (Lipinski definition) is 5. The fourth-order valence-corrected chi connectivity index (χ4v) is 3.30. The van der Waals surface area contributed by atoms with E-state index in [2.05, 4.69) is 10.6 Å². The molecule has 0 aromatic heterocycles. The molecule has 1 fully saturated rings. The highest BCUT2D eigenvalue weighted by Crippen LogP contribution is 2.07. The summed E-state index contributed by atoms with van der Waals surface area (Å²) in [6, 6.07) is -0.245. The number of alkyl carbamates (subject to hydrolysis) is 1. The van der Waals surface area contributed by atoms with Crippen LogP contribution in [0.2, 0.25) is 0 Å². The number of carbonyl (C=O) groups excluding carboxylic acids is 1. The Kier molecular flexibility index (Phi) is 4.98. The fraction of sp³-hybridized carbons (Fsp3) is 0.909. The van der Waals surface area contributed by atoms with Crippen molar-refractivity contribution in [2.75, 3.05) is 24.6 Å². The standard InChI is InChI=1S/C11H22N2O4S/c1-11(2,3)17-10(14)13-7-9-8-18(15,16)6-4-5-12-9/h9,12H,4-8H2,1-3H3,(H,13,14). The van der Waals surface area contributed by atoms with Crippen LogP contribution in [-0.4, -0.2) is 50.7 Å². The number of hydrogen-bond donors (Lipinski definition) is 2. The van der Waals surface area contributed by atoms with Crippen LogP contribution in [-0.2, 0) is 14.6 Å². The van der Waals surface area contributed by atoms with Crippen LogP contribution in [0.3, 0.4) is 0 Å². The molecule has 6 nitrogen and oxygen atoms in total. The monoisotopic (exact) mass is 278 g/mol. The summed E-state index contributed by atoms with van der Waals surface area (Å²) in [4.78, 5) is 11.4. The van der Waals surface area contributed by atoms with E-state index in [1.807, 2.05) is 0 Å². The Morgan fingerprint density at radius 2 is 2.11 bits per heavy atom. The Hall–Kier alpha value is -0.820. The average Bonchev–Trinajstić information content (AvgIpc) is 2.33. The van der Waals surface area contributed by atoms with Crippen molar-refractivity contribution >= 4 is 15.9 Å².